The number of nitrogens with zero attached hydrogens (tertiary/aromatic N) is 5. The highest BCUT2D eigenvalue weighted by Crippen LogP contribution is 2.60. The molecule has 45 heavy (non-hydrogen) atoms. The van der Waals surface area contributed by atoms with Crippen molar-refractivity contribution in [1.29, 1.82) is 0 Å². The number of benzene rings is 1. The van der Waals surface area contributed by atoms with Crippen LogP contribution in [0.2, 0.25) is 0 Å². The molecule has 2 saturated heterocycles. The maximum Gasteiger partial charge on any atom is 0.237 e. The molecule has 1 aromatic heterocycles. The van der Waals surface area contributed by atoms with Gasteiger partial charge in [-0.25, -0.2) is 4.98 Å². The second-order valence-electron chi connectivity index (χ2n) is 14.9. The number of allylic oxidation sites excluding steroid dienone is 2. The fraction of sp³-hybridized carbons (Fsp3) is 0.622. The predicted molar refractivity (Wildman–Crippen MR) is 175 cm³/mol. The zero-order valence-electron chi connectivity index (χ0n) is 27.4. The smallest absolute Gasteiger partial charge is 0.237 e. The molecular weight excluding hydrogens is 562 g/mol. The lowest BCUT2D eigenvalue weighted by Crippen LogP contribution is -2.58. The van der Waals surface area contributed by atoms with Crippen molar-refractivity contribution in [3.63, 3.8) is 0 Å². The molecule has 240 valence electrons. The third-order valence-corrected chi connectivity index (χ3v) is 12.3. The summed E-state index contributed by atoms with van der Waals surface area (Å²) in [6.45, 7) is 13.3. The third kappa shape index (κ3) is 5.42. The maximum absolute atomic E-state index is 14.0. The number of rotatable bonds is 5. The topological polar surface area (TPSA) is 89.9 Å². The summed E-state index contributed by atoms with van der Waals surface area (Å²) in [6, 6.07) is 4.43. The monoisotopic (exact) mass is 611 g/mol. The molecule has 7 rings (SSSR count). The van der Waals surface area contributed by atoms with E-state index in [0.29, 0.717) is 37.1 Å². The van der Waals surface area contributed by atoms with Crippen LogP contribution < -0.4 is 4.90 Å². The van der Waals surface area contributed by atoms with Crippen molar-refractivity contribution in [3.05, 3.63) is 64.6 Å². The Morgan fingerprint density at radius 2 is 1.96 bits per heavy atom. The van der Waals surface area contributed by atoms with E-state index in [1.807, 2.05) is 11.0 Å². The molecule has 3 heterocycles. The molecule has 2 aliphatic heterocycles. The molecule has 0 unspecified atom stereocenters. The summed E-state index contributed by atoms with van der Waals surface area (Å²) >= 11 is 0. The van der Waals surface area contributed by atoms with Gasteiger partial charge in [0.25, 0.3) is 0 Å². The normalized spacial score (nSPS) is 32.4. The Morgan fingerprint density at radius 1 is 1.16 bits per heavy atom. The van der Waals surface area contributed by atoms with Crippen molar-refractivity contribution in [2.75, 3.05) is 44.2 Å². The number of ketones is 1. The van der Waals surface area contributed by atoms with E-state index in [9.17, 15) is 14.7 Å². The van der Waals surface area contributed by atoms with Crippen LogP contribution in [-0.2, 0) is 16.0 Å². The van der Waals surface area contributed by atoms with Gasteiger partial charge in [0.1, 0.15) is 5.82 Å². The first-order valence-corrected chi connectivity index (χ1v) is 17.2. The molecular formula is C37H49N5O3. The lowest BCUT2D eigenvalue weighted by molar-refractivity contribution is -0.143. The zero-order chi connectivity index (χ0) is 31.5. The molecule has 0 spiro atoms. The third-order valence-electron chi connectivity index (χ3n) is 12.3. The Bertz CT molecular complexity index is 1480. The largest absolute Gasteiger partial charge is 0.391 e. The van der Waals surface area contributed by atoms with Crippen LogP contribution in [0.1, 0.15) is 87.0 Å². The number of likely N-dealkylation sites (tertiary alicyclic amines) is 1. The first-order chi connectivity index (χ1) is 21.6. The van der Waals surface area contributed by atoms with Crippen LogP contribution in [0.5, 0.6) is 0 Å². The van der Waals surface area contributed by atoms with Crippen molar-refractivity contribution in [1.82, 2.24) is 19.8 Å². The highest BCUT2D eigenvalue weighted by molar-refractivity contribution is 5.91. The summed E-state index contributed by atoms with van der Waals surface area (Å²) in [4.78, 5) is 41.4. The highest BCUT2D eigenvalue weighted by Gasteiger charge is 2.51. The molecule has 1 saturated carbocycles. The van der Waals surface area contributed by atoms with Gasteiger partial charge in [-0.1, -0.05) is 38.5 Å². The van der Waals surface area contributed by atoms with Crippen LogP contribution in [0.15, 0.2) is 42.4 Å². The number of anilines is 1. The lowest BCUT2D eigenvalue weighted by atomic mass is 9.57. The van der Waals surface area contributed by atoms with E-state index in [4.69, 9.17) is 0 Å². The zero-order valence-corrected chi connectivity index (χ0v) is 27.4. The van der Waals surface area contributed by atoms with E-state index in [2.05, 4.69) is 59.6 Å². The second-order valence-corrected chi connectivity index (χ2v) is 14.9. The van der Waals surface area contributed by atoms with E-state index in [1.165, 1.54) is 27.8 Å². The van der Waals surface area contributed by atoms with E-state index in [1.54, 1.807) is 18.6 Å². The highest BCUT2D eigenvalue weighted by atomic mass is 16.3. The second kappa shape index (κ2) is 11.9. The first-order valence-electron chi connectivity index (χ1n) is 17.2. The van der Waals surface area contributed by atoms with Gasteiger partial charge >= 0.3 is 0 Å². The van der Waals surface area contributed by atoms with Crippen LogP contribution in [0.4, 0.5) is 5.82 Å². The van der Waals surface area contributed by atoms with Crippen LogP contribution in [0.3, 0.4) is 0 Å². The Morgan fingerprint density at radius 3 is 2.71 bits per heavy atom. The Kier molecular flexibility index (Phi) is 8.09. The van der Waals surface area contributed by atoms with Crippen LogP contribution in [0, 0.1) is 24.2 Å². The van der Waals surface area contributed by atoms with Crippen molar-refractivity contribution in [2.45, 2.75) is 90.2 Å². The summed E-state index contributed by atoms with van der Waals surface area (Å²) in [7, 11) is 0. The van der Waals surface area contributed by atoms with Crippen LogP contribution in [-0.4, -0.2) is 88.0 Å². The van der Waals surface area contributed by atoms with Crippen LogP contribution >= 0.6 is 0 Å². The van der Waals surface area contributed by atoms with Crippen LogP contribution in [0.25, 0.3) is 0 Å². The van der Waals surface area contributed by atoms with Crippen molar-refractivity contribution < 1.29 is 14.7 Å². The summed E-state index contributed by atoms with van der Waals surface area (Å²) in [5, 5.41) is 11.5. The fourth-order valence-electron chi connectivity index (χ4n) is 9.80. The minimum absolute atomic E-state index is 0.0243. The SMILES string of the molecule is Cc1c([C@H](C)[C@H]2[C@H](O)C[C@H](C)CN2C(=O)CN2CCN(c3cnccn3)CC2)ccc2c1C[C@H]1[C@H]2CCC2=CC(=O)CC[C@@]21C. The minimum atomic E-state index is -0.553. The quantitative estimate of drug-likeness (QED) is 0.526. The number of piperidine rings is 1. The molecule has 2 aromatic rings. The molecule has 7 atom stereocenters. The predicted octanol–water partition coefficient (Wildman–Crippen LogP) is 4.65. The van der Waals surface area contributed by atoms with E-state index in [-0.39, 0.29) is 29.2 Å². The van der Waals surface area contributed by atoms with Crippen molar-refractivity contribution in [3.8, 4) is 0 Å². The number of aliphatic hydroxyl groups is 1. The lowest BCUT2D eigenvalue weighted by Gasteiger charge is -2.47. The number of piperazine rings is 1. The molecule has 0 bridgehead atoms. The van der Waals surface area contributed by atoms with Gasteiger partial charge in [0, 0.05) is 57.5 Å². The number of aromatic nitrogens is 2. The van der Waals surface area contributed by atoms with Gasteiger partial charge in [-0.05, 0) is 90.5 Å². The number of hydrogen-bond donors (Lipinski definition) is 1. The average molecular weight is 612 g/mol. The standard InChI is InChI=1S/C37H49N5O3/c1-23-17-33(44)36(42(21-23)35(45)22-40-13-15-41(16-14-40)34-20-38-11-12-39-34)25(3)28-7-8-29-30-6-5-26-18-27(43)9-10-37(26,4)32(30)19-31(29)24(28)2/h7-8,11-12,18,20,23,25,30,32-33,36,44H,5-6,9-10,13-17,19,21-22H2,1-4H3/t23-,25-,30-,32-,33+,36-,37-/m0/s1. The molecule has 5 aliphatic rings. The Balaban J connectivity index is 1.09. The molecule has 1 aromatic carbocycles. The van der Waals surface area contributed by atoms with Gasteiger partial charge in [-0.3, -0.25) is 19.5 Å². The van der Waals surface area contributed by atoms with Gasteiger partial charge in [-0.15, -0.1) is 0 Å². The van der Waals surface area contributed by atoms with Crippen molar-refractivity contribution >= 4 is 17.5 Å². The number of hydrogen-bond acceptors (Lipinski definition) is 7. The van der Waals surface area contributed by atoms with Crippen molar-refractivity contribution in [2.24, 2.45) is 17.3 Å². The molecule has 1 amide bonds. The summed E-state index contributed by atoms with van der Waals surface area (Å²) in [6.07, 6.45) is 12.2. The van der Waals surface area contributed by atoms with Gasteiger partial charge < -0.3 is 14.9 Å². The first kappa shape index (κ1) is 30.5. The Hall–Kier alpha value is -3.10. The van der Waals surface area contributed by atoms with Gasteiger partial charge in [0.2, 0.25) is 5.91 Å². The minimum Gasteiger partial charge on any atom is -0.391 e. The average Bonchev–Trinajstić information content (AvgIpc) is 3.43. The van der Waals surface area contributed by atoms with Gasteiger partial charge in [0.05, 0.1) is 24.9 Å². The number of carbonyl (C=O) groups is 2. The fourth-order valence-corrected chi connectivity index (χ4v) is 9.80. The molecule has 3 fully saturated rings. The molecule has 3 aliphatic carbocycles. The molecule has 1 N–H and O–H groups in total. The summed E-state index contributed by atoms with van der Waals surface area (Å²) in [5.41, 5.74) is 7.06. The van der Waals surface area contributed by atoms with E-state index >= 15 is 0 Å². The maximum atomic E-state index is 14.0. The number of aliphatic hydroxyl groups excluding tert-OH is 1. The summed E-state index contributed by atoms with van der Waals surface area (Å²) in [5.74, 6) is 2.67. The molecule has 8 nitrogen and oxygen atoms in total. The number of fused-ring (bicyclic) bond motifs is 5. The van der Waals surface area contributed by atoms with Gasteiger partial charge in [-0.2, -0.15) is 0 Å². The van der Waals surface area contributed by atoms with E-state index < -0.39 is 6.10 Å². The Labute approximate surface area is 267 Å². The molecule has 8 heteroatoms. The number of amides is 1. The summed E-state index contributed by atoms with van der Waals surface area (Å²) < 4.78 is 0. The number of carbonyl (C=O) groups excluding carboxylic acids is 2. The molecule has 0 radical (unpaired) electrons. The van der Waals surface area contributed by atoms with E-state index in [0.717, 1.165) is 64.1 Å². The van der Waals surface area contributed by atoms with Gasteiger partial charge in [0.15, 0.2) is 5.78 Å².